The fourth-order valence-corrected chi connectivity index (χ4v) is 3.46. The highest BCUT2D eigenvalue weighted by molar-refractivity contribution is 7.83. The summed E-state index contributed by atoms with van der Waals surface area (Å²) in [5, 5.41) is 2.87. The fourth-order valence-electron chi connectivity index (χ4n) is 2.82. The van der Waals surface area contributed by atoms with Gasteiger partial charge in [-0.25, -0.2) is 4.79 Å². The van der Waals surface area contributed by atoms with E-state index in [2.05, 4.69) is 5.32 Å². The molecule has 0 heterocycles. The molecular formula is C21H25NO4S. The van der Waals surface area contributed by atoms with Gasteiger partial charge in [-0.2, -0.15) is 0 Å². The molecular weight excluding hydrogens is 362 g/mol. The number of hydrogen-bond acceptors (Lipinski definition) is 4. The largest absolute Gasteiger partial charge is 0.452 e. The standard InChI is InChI=1S/C21H25NO4S/c1-4-16-9-7-10-17(5-2)20(16)22-19(23)13-26-21(24)18-11-6-8-15(12-18)14-27(3)25/h6-12H,4-5,13-14H2,1-3H3,(H,22,23). The van der Waals surface area contributed by atoms with Crippen LogP contribution in [0.2, 0.25) is 0 Å². The topological polar surface area (TPSA) is 72.5 Å². The van der Waals surface area contributed by atoms with Gasteiger partial charge in [0.2, 0.25) is 0 Å². The molecule has 6 heteroatoms. The minimum absolute atomic E-state index is 0.342. The van der Waals surface area contributed by atoms with Crippen molar-refractivity contribution in [2.45, 2.75) is 32.4 Å². The lowest BCUT2D eigenvalue weighted by Gasteiger charge is -2.14. The number of esters is 1. The van der Waals surface area contributed by atoms with Crippen LogP contribution in [0.25, 0.3) is 0 Å². The zero-order valence-corrected chi connectivity index (χ0v) is 16.7. The van der Waals surface area contributed by atoms with Crippen LogP contribution in [0.3, 0.4) is 0 Å². The molecule has 0 aromatic heterocycles. The Morgan fingerprint density at radius 1 is 1.04 bits per heavy atom. The number of para-hydroxylation sites is 1. The Balaban J connectivity index is 2.00. The van der Waals surface area contributed by atoms with Gasteiger partial charge in [0, 0.05) is 28.5 Å². The molecule has 0 fully saturated rings. The molecule has 5 nitrogen and oxygen atoms in total. The molecule has 0 bridgehead atoms. The van der Waals surface area contributed by atoms with E-state index in [0.29, 0.717) is 11.3 Å². The van der Waals surface area contributed by atoms with Crippen molar-refractivity contribution in [1.82, 2.24) is 0 Å². The van der Waals surface area contributed by atoms with Crippen LogP contribution in [0.4, 0.5) is 5.69 Å². The van der Waals surface area contributed by atoms with Gasteiger partial charge in [-0.05, 0) is 41.7 Å². The van der Waals surface area contributed by atoms with E-state index in [1.807, 2.05) is 32.0 Å². The average molecular weight is 388 g/mol. The van der Waals surface area contributed by atoms with Crippen LogP contribution in [0.1, 0.15) is 40.9 Å². The van der Waals surface area contributed by atoms with E-state index >= 15 is 0 Å². The van der Waals surface area contributed by atoms with Crippen molar-refractivity contribution in [3.8, 4) is 0 Å². The molecule has 1 amide bonds. The van der Waals surface area contributed by atoms with Gasteiger partial charge in [0.1, 0.15) is 0 Å². The second kappa shape index (κ2) is 10.0. The second-order valence-corrected chi connectivity index (χ2v) is 7.64. The van der Waals surface area contributed by atoms with Crippen LogP contribution >= 0.6 is 0 Å². The first-order valence-corrected chi connectivity index (χ1v) is 10.6. The number of hydrogen-bond donors (Lipinski definition) is 1. The van der Waals surface area contributed by atoms with Gasteiger partial charge in [-0.1, -0.05) is 44.2 Å². The molecule has 1 N–H and O–H groups in total. The van der Waals surface area contributed by atoms with E-state index in [4.69, 9.17) is 4.74 Å². The zero-order chi connectivity index (χ0) is 19.8. The Labute approximate surface area is 162 Å². The Hall–Kier alpha value is -2.47. The van der Waals surface area contributed by atoms with Crippen LogP contribution in [0, 0.1) is 0 Å². The van der Waals surface area contributed by atoms with Gasteiger partial charge in [0.15, 0.2) is 6.61 Å². The molecule has 2 rings (SSSR count). The summed E-state index contributed by atoms with van der Waals surface area (Å²) in [5.41, 5.74) is 4.03. The van der Waals surface area contributed by atoms with E-state index in [0.717, 1.165) is 35.2 Å². The number of ether oxygens (including phenoxy) is 1. The molecule has 1 unspecified atom stereocenters. The first kappa shape index (κ1) is 20.8. The summed E-state index contributed by atoms with van der Waals surface area (Å²) < 4.78 is 16.5. The highest BCUT2D eigenvalue weighted by atomic mass is 32.2. The van der Waals surface area contributed by atoms with Gasteiger partial charge < -0.3 is 10.1 Å². The number of rotatable bonds is 8. The Bertz CT molecular complexity index is 826. The van der Waals surface area contributed by atoms with Crippen molar-refractivity contribution in [2.75, 3.05) is 18.2 Å². The van der Waals surface area contributed by atoms with Crippen molar-refractivity contribution >= 4 is 28.4 Å². The Kier molecular flexibility index (Phi) is 7.73. The van der Waals surface area contributed by atoms with Crippen molar-refractivity contribution < 1.29 is 18.5 Å². The maximum Gasteiger partial charge on any atom is 0.338 e. The third-order valence-electron chi connectivity index (χ3n) is 4.13. The fraction of sp³-hybridized carbons (Fsp3) is 0.333. The third kappa shape index (κ3) is 6.03. The second-order valence-electron chi connectivity index (χ2n) is 6.20. The molecule has 2 aromatic carbocycles. The number of anilines is 1. The van der Waals surface area contributed by atoms with E-state index in [1.54, 1.807) is 30.5 Å². The van der Waals surface area contributed by atoms with Gasteiger partial charge in [-0.3, -0.25) is 9.00 Å². The van der Waals surface area contributed by atoms with Gasteiger partial charge >= 0.3 is 5.97 Å². The van der Waals surface area contributed by atoms with Crippen LogP contribution in [-0.2, 0) is 38.9 Å². The average Bonchev–Trinajstić information content (AvgIpc) is 2.66. The lowest BCUT2D eigenvalue weighted by molar-refractivity contribution is -0.119. The molecule has 0 aliphatic carbocycles. The molecule has 2 aromatic rings. The maximum atomic E-state index is 12.3. The number of amides is 1. The van der Waals surface area contributed by atoms with Gasteiger partial charge in [0.25, 0.3) is 5.91 Å². The van der Waals surface area contributed by atoms with Crippen LogP contribution in [-0.4, -0.2) is 28.9 Å². The number of benzene rings is 2. The molecule has 0 aliphatic rings. The highest BCUT2D eigenvalue weighted by Gasteiger charge is 2.14. The SMILES string of the molecule is CCc1cccc(CC)c1NC(=O)COC(=O)c1cccc(CS(C)=O)c1. The summed E-state index contributed by atoms with van der Waals surface area (Å²) >= 11 is 0. The molecule has 0 spiro atoms. The quantitative estimate of drug-likeness (QED) is 0.704. The van der Waals surface area contributed by atoms with Crippen molar-refractivity contribution in [3.63, 3.8) is 0 Å². The first-order chi connectivity index (χ1) is 12.9. The smallest absolute Gasteiger partial charge is 0.338 e. The third-order valence-corrected chi connectivity index (χ3v) is 4.87. The minimum atomic E-state index is -0.995. The summed E-state index contributed by atoms with van der Waals surface area (Å²) in [5.74, 6) is -0.576. The molecule has 0 saturated carbocycles. The maximum absolute atomic E-state index is 12.3. The van der Waals surface area contributed by atoms with E-state index in [1.165, 1.54) is 0 Å². The molecule has 1 atom stereocenters. The van der Waals surface area contributed by atoms with E-state index < -0.39 is 16.8 Å². The normalized spacial score (nSPS) is 11.7. The van der Waals surface area contributed by atoms with E-state index in [9.17, 15) is 13.8 Å². The Morgan fingerprint density at radius 3 is 2.26 bits per heavy atom. The summed E-state index contributed by atoms with van der Waals surface area (Å²) in [6, 6.07) is 12.7. The highest BCUT2D eigenvalue weighted by Crippen LogP contribution is 2.22. The summed E-state index contributed by atoms with van der Waals surface area (Å²) in [6.45, 7) is 3.70. The van der Waals surface area contributed by atoms with E-state index in [-0.39, 0.29) is 12.5 Å². The number of carbonyl (C=O) groups is 2. The van der Waals surface area contributed by atoms with Gasteiger partial charge in [-0.15, -0.1) is 0 Å². The number of aryl methyl sites for hydroxylation is 2. The lowest BCUT2D eigenvalue weighted by atomic mass is 10.0. The lowest BCUT2D eigenvalue weighted by Crippen LogP contribution is -2.22. The predicted molar refractivity (Wildman–Crippen MR) is 108 cm³/mol. The number of carbonyl (C=O) groups excluding carboxylic acids is 2. The first-order valence-electron chi connectivity index (χ1n) is 8.91. The summed E-state index contributed by atoms with van der Waals surface area (Å²) in [7, 11) is -0.995. The van der Waals surface area contributed by atoms with Crippen molar-refractivity contribution in [3.05, 3.63) is 64.7 Å². The molecule has 144 valence electrons. The minimum Gasteiger partial charge on any atom is -0.452 e. The summed E-state index contributed by atoms with van der Waals surface area (Å²) in [4.78, 5) is 24.5. The zero-order valence-electron chi connectivity index (χ0n) is 15.9. The van der Waals surface area contributed by atoms with Crippen molar-refractivity contribution in [2.24, 2.45) is 0 Å². The van der Waals surface area contributed by atoms with Crippen LogP contribution < -0.4 is 5.32 Å². The monoisotopic (exact) mass is 387 g/mol. The van der Waals surface area contributed by atoms with Crippen LogP contribution in [0.5, 0.6) is 0 Å². The van der Waals surface area contributed by atoms with Gasteiger partial charge in [0.05, 0.1) is 5.56 Å². The Morgan fingerprint density at radius 2 is 1.67 bits per heavy atom. The number of nitrogens with one attached hydrogen (secondary N) is 1. The molecule has 27 heavy (non-hydrogen) atoms. The molecule has 0 aliphatic heterocycles. The van der Waals surface area contributed by atoms with Crippen LogP contribution in [0.15, 0.2) is 42.5 Å². The predicted octanol–water partition coefficient (Wildman–Crippen LogP) is 3.49. The summed E-state index contributed by atoms with van der Waals surface area (Å²) in [6.07, 6.45) is 3.21. The van der Waals surface area contributed by atoms with Crippen molar-refractivity contribution in [1.29, 1.82) is 0 Å². The molecule has 0 radical (unpaired) electrons. The molecule has 0 saturated heterocycles.